The maximum Gasteiger partial charge on any atom is 0.338 e. The van der Waals surface area contributed by atoms with E-state index in [-0.39, 0.29) is 5.97 Å². The molecule has 0 N–H and O–H groups in total. The molecule has 0 bridgehead atoms. The molecule has 0 saturated heterocycles. The van der Waals surface area contributed by atoms with E-state index in [1.165, 1.54) is 0 Å². The number of carbonyl (C=O) groups is 1. The van der Waals surface area contributed by atoms with Crippen LogP contribution in [0.15, 0.2) is 49.0 Å². The number of hydrogen-bond acceptors (Lipinski definition) is 3. The first kappa shape index (κ1) is 17.8. The number of carbonyl (C=O) groups excluding carboxylic acids is 1. The second-order valence-electron chi connectivity index (χ2n) is 6.51. The van der Waals surface area contributed by atoms with Crippen LogP contribution in [0.25, 0.3) is 17.2 Å². The van der Waals surface area contributed by atoms with Gasteiger partial charge in [-0.1, -0.05) is 24.8 Å². The average molecular weight is 324 g/mol. The Morgan fingerprint density at radius 3 is 2.29 bits per heavy atom. The van der Waals surface area contributed by atoms with E-state index in [0.29, 0.717) is 12.2 Å². The zero-order chi connectivity index (χ0) is 17.7. The Balaban J connectivity index is 2.29. The lowest BCUT2D eigenvalue weighted by Crippen LogP contribution is -2.23. The van der Waals surface area contributed by atoms with Gasteiger partial charge in [0.25, 0.3) is 0 Å². The number of hydrogen-bond donors (Lipinski definition) is 0. The fourth-order valence-electron chi connectivity index (χ4n) is 2.29. The van der Waals surface area contributed by atoms with Crippen molar-refractivity contribution in [3.05, 3.63) is 60.2 Å². The number of benzene rings is 2. The van der Waals surface area contributed by atoms with Crippen molar-refractivity contribution in [2.24, 2.45) is 0 Å². The Hall–Kier alpha value is -2.55. The van der Waals surface area contributed by atoms with Crippen molar-refractivity contribution in [1.82, 2.24) is 0 Å². The maximum absolute atomic E-state index is 12.1. The average Bonchev–Trinajstić information content (AvgIpc) is 2.53. The third-order valence-electron chi connectivity index (χ3n) is 3.33. The first-order valence-electron chi connectivity index (χ1n) is 8.06. The normalized spacial score (nSPS) is 11.0. The van der Waals surface area contributed by atoms with Crippen molar-refractivity contribution in [2.75, 3.05) is 6.61 Å². The van der Waals surface area contributed by atoms with Gasteiger partial charge in [-0.2, -0.15) is 0 Å². The molecule has 0 saturated carbocycles. The summed E-state index contributed by atoms with van der Waals surface area (Å²) >= 11 is 0. The molecule has 0 aliphatic rings. The summed E-state index contributed by atoms with van der Waals surface area (Å²) in [4.78, 5) is 12.1. The standard InChI is InChI=1S/C21H24O3/c1-6-15-12-18(14-19(13-15)23-7-2)16-8-10-17(11-9-16)20(22)24-21(3,4)5/h6,8-14H,1,7H2,2-5H3. The molecule has 0 radical (unpaired) electrons. The highest BCUT2D eigenvalue weighted by Gasteiger charge is 2.17. The van der Waals surface area contributed by atoms with E-state index in [4.69, 9.17) is 9.47 Å². The van der Waals surface area contributed by atoms with Gasteiger partial charge in [-0.3, -0.25) is 0 Å². The summed E-state index contributed by atoms with van der Waals surface area (Å²) in [7, 11) is 0. The van der Waals surface area contributed by atoms with E-state index >= 15 is 0 Å². The molecular weight excluding hydrogens is 300 g/mol. The summed E-state index contributed by atoms with van der Waals surface area (Å²) in [6.45, 7) is 12.0. The third kappa shape index (κ3) is 4.72. The molecular formula is C21H24O3. The van der Waals surface area contributed by atoms with Gasteiger partial charge in [-0.15, -0.1) is 0 Å². The largest absolute Gasteiger partial charge is 0.494 e. The van der Waals surface area contributed by atoms with E-state index in [2.05, 4.69) is 6.58 Å². The van der Waals surface area contributed by atoms with Gasteiger partial charge in [0.1, 0.15) is 11.4 Å². The van der Waals surface area contributed by atoms with Gasteiger partial charge in [0, 0.05) is 0 Å². The quantitative estimate of drug-likeness (QED) is 0.695. The summed E-state index contributed by atoms with van der Waals surface area (Å²) in [5, 5.41) is 0. The molecule has 2 rings (SSSR count). The van der Waals surface area contributed by atoms with Crippen molar-refractivity contribution in [1.29, 1.82) is 0 Å². The lowest BCUT2D eigenvalue weighted by atomic mass is 10.0. The van der Waals surface area contributed by atoms with Crippen LogP contribution in [0.5, 0.6) is 5.75 Å². The molecule has 0 fully saturated rings. The highest BCUT2D eigenvalue weighted by Crippen LogP contribution is 2.27. The van der Waals surface area contributed by atoms with Crippen LogP contribution in [-0.4, -0.2) is 18.2 Å². The Labute approximate surface area is 143 Å². The van der Waals surface area contributed by atoms with E-state index < -0.39 is 5.60 Å². The topological polar surface area (TPSA) is 35.5 Å². The number of rotatable bonds is 5. The minimum atomic E-state index is -0.500. The minimum absolute atomic E-state index is 0.316. The summed E-state index contributed by atoms with van der Waals surface area (Å²) in [5.41, 5.74) is 3.06. The number of ether oxygens (including phenoxy) is 2. The molecule has 3 nitrogen and oxygen atoms in total. The van der Waals surface area contributed by atoms with E-state index in [9.17, 15) is 4.79 Å². The van der Waals surface area contributed by atoms with Crippen molar-refractivity contribution in [3.8, 4) is 16.9 Å². The molecule has 126 valence electrons. The van der Waals surface area contributed by atoms with Crippen LogP contribution in [0.1, 0.15) is 43.6 Å². The Morgan fingerprint density at radius 1 is 1.08 bits per heavy atom. The van der Waals surface area contributed by atoms with Crippen molar-refractivity contribution < 1.29 is 14.3 Å². The Morgan fingerprint density at radius 2 is 1.75 bits per heavy atom. The molecule has 2 aromatic rings. The molecule has 0 heterocycles. The fraction of sp³-hybridized carbons (Fsp3) is 0.286. The van der Waals surface area contributed by atoms with Crippen LogP contribution in [0.4, 0.5) is 0 Å². The molecule has 0 unspecified atom stereocenters. The fourth-order valence-corrected chi connectivity index (χ4v) is 2.29. The predicted octanol–water partition coefficient (Wildman–Crippen LogP) is 5.35. The van der Waals surface area contributed by atoms with Crippen LogP contribution in [0, 0.1) is 0 Å². The van der Waals surface area contributed by atoms with Crippen LogP contribution in [0.3, 0.4) is 0 Å². The number of esters is 1. The molecule has 3 heteroatoms. The predicted molar refractivity (Wildman–Crippen MR) is 98.3 cm³/mol. The first-order chi connectivity index (χ1) is 11.3. The van der Waals surface area contributed by atoms with Gasteiger partial charge in [-0.05, 0) is 74.7 Å². The summed E-state index contributed by atoms with van der Waals surface area (Å²) in [5.74, 6) is 0.491. The van der Waals surface area contributed by atoms with Crippen molar-refractivity contribution in [2.45, 2.75) is 33.3 Å². The van der Waals surface area contributed by atoms with Crippen LogP contribution in [-0.2, 0) is 4.74 Å². The van der Waals surface area contributed by atoms with E-state index in [1.54, 1.807) is 18.2 Å². The lowest BCUT2D eigenvalue weighted by Gasteiger charge is -2.19. The second-order valence-corrected chi connectivity index (χ2v) is 6.51. The highest BCUT2D eigenvalue weighted by atomic mass is 16.6. The molecule has 0 atom stereocenters. The lowest BCUT2D eigenvalue weighted by molar-refractivity contribution is 0.00695. The van der Waals surface area contributed by atoms with Crippen LogP contribution < -0.4 is 4.74 Å². The smallest absolute Gasteiger partial charge is 0.338 e. The second kappa shape index (κ2) is 7.35. The van der Waals surface area contributed by atoms with Gasteiger partial charge in [0.2, 0.25) is 0 Å². The third-order valence-corrected chi connectivity index (χ3v) is 3.33. The highest BCUT2D eigenvalue weighted by molar-refractivity contribution is 5.90. The van der Waals surface area contributed by atoms with Gasteiger partial charge < -0.3 is 9.47 Å². The summed E-state index contributed by atoms with van der Waals surface area (Å²) in [6, 6.07) is 13.4. The molecule has 2 aromatic carbocycles. The molecule has 24 heavy (non-hydrogen) atoms. The van der Waals surface area contributed by atoms with Crippen LogP contribution in [0.2, 0.25) is 0 Å². The van der Waals surface area contributed by atoms with Crippen molar-refractivity contribution >= 4 is 12.0 Å². The maximum atomic E-state index is 12.1. The molecule has 0 spiro atoms. The summed E-state index contributed by atoms with van der Waals surface area (Å²) < 4.78 is 11.0. The Bertz CT molecular complexity index is 722. The SMILES string of the molecule is C=Cc1cc(OCC)cc(-c2ccc(C(=O)OC(C)(C)C)cc2)c1. The monoisotopic (exact) mass is 324 g/mol. The zero-order valence-electron chi connectivity index (χ0n) is 14.8. The first-order valence-corrected chi connectivity index (χ1v) is 8.06. The van der Waals surface area contributed by atoms with Gasteiger partial charge in [-0.25, -0.2) is 4.79 Å². The van der Waals surface area contributed by atoms with Gasteiger partial charge in [0.05, 0.1) is 12.2 Å². The molecule has 0 amide bonds. The molecule has 0 aromatic heterocycles. The van der Waals surface area contributed by atoms with E-state index in [1.807, 2.05) is 58.0 Å². The zero-order valence-corrected chi connectivity index (χ0v) is 14.8. The van der Waals surface area contributed by atoms with Crippen LogP contribution >= 0.6 is 0 Å². The Kier molecular flexibility index (Phi) is 5.45. The molecule has 0 aliphatic heterocycles. The summed E-state index contributed by atoms with van der Waals surface area (Å²) in [6.07, 6.45) is 1.79. The van der Waals surface area contributed by atoms with Crippen molar-refractivity contribution in [3.63, 3.8) is 0 Å². The van der Waals surface area contributed by atoms with E-state index in [0.717, 1.165) is 22.4 Å². The van der Waals surface area contributed by atoms with Gasteiger partial charge >= 0.3 is 5.97 Å². The molecule has 0 aliphatic carbocycles. The minimum Gasteiger partial charge on any atom is -0.494 e. The van der Waals surface area contributed by atoms with Gasteiger partial charge in [0.15, 0.2) is 0 Å².